The van der Waals surface area contributed by atoms with E-state index in [4.69, 9.17) is 32.7 Å². The van der Waals surface area contributed by atoms with Crippen LogP contribution in [0.2, 0.25) is 10.0 Å². The van der Waals surface area contributed by atoms with Crippen molar-refractivity contribution < 1.29 is 23.9 Å². The number of imidazole rings is 1. The number of halogens is 2. The molecule has 0 saturated heterocycles. The number of carbonyl (C=O) groups excluding carboxylic acids is 3. The molecule has 4 aromatic rings. The van der Waals surface area contributed by atoms with Crippen LogP contribution in [-0.2, 0) is 28.0 Å². The molecule has 4 rings (SSSR count). The Morgan fingerprint density at radius 2 is 1.88 bits per heavy atom. The van der Waals surface area contributed by atoms with Crippen molar-refractivity contribution in [3.63, 3.8) is 0 Å². The van der Waals surface area contributed by atoms with Crippen molar-refractivity contribution in [2.75, 3.05) is 30.9 Å². The van der Waals surface area contributed by atoms with E-state index < -0.39 is 11.8 Å². The first-order valence-corrected chi connectivity index (χ1v) is 14.0. The van der Waals surface area contributed by atoms with Crippen LogP contribution in [0.5, 0.6) is 11.8 Å². The number of aryl methyl sites for hydroxylation is 2. The van der Waals surface area contributed by atoms with Gasteiger partial charge in [0.1, 0.15) is 17.9 Å². The number of nitrogens with one attached hydrogen (secondary N) is 2. The van der Waals surface area contributed by atoms with E-state index in [0.29, 0.717) is 39.2 Å². The fourth-order valence-electron chi connectivity index (χ4n) is 4.36. The van der Waals surface area contributed by atoms with Gasteiger partial charge in [-0.2, -0.15) is 4.98 Å². The molecule has 0 aliphatic heterocycles. The van der Waals surface area contributed by atoms with Gasteiger partial charge in [0.2, 0.25) is 17.7 Å². The number of anilines is 2. The SMILES string of the molecule is COc1nc2c(OCc3c(Cl)ccc(N(C)C(=O)CNC(=O)C=Cc4ccc(NC(C)=O)c(C)c4)c3Cl)cccc2n1C. The number of benzene rings is 3. The molecule has 0 aliphatic rings. The lowest BCUT2D eigenvalue weighted by Crippen LogP contribution is -2.37. The zero-order valence-electron chi connectivity index (χ0n) is 24.3. The highest BCUT2D eigenvalue weighted by molar-refractivity contribution is 6.38. The Balaban J connectivity index is 1.40. The molecule has 0 bridgehead atoms. The van der Waals surface area contributed by atoms with Gasteiger partial charge in [-0.15, -0.1) is 0 Å². The second-order valence-electron chi connectivity index (χ2n) is 9.69. The van der Waals surface area contributed by atoms with Gasteiger partial charge < -0.3 is 25.0 Å². The molecule has 224 valence electrons. The standard InChI is InChI=1S/C31H31Cl2N5O5/c1-18-15-20(9-12-23(18)35-19(2)39)10-14-27(40)34-16-28(41)37(3)24-13-11-22(32)21(29(24)33)17-43-26-8-6-7-25-30(26)36-31(42-5)38(25)4/h6-15H,16-17H2,1-5H3,(H,34,40)(H,35,39). The van der Waals surface area contributed by atoms with Crippen LogP contribution in [0.25, 0.3) is 17.1 Å². The number of para-hydroxylation sites is 1. The predicted molar refractivity (Wildman–Crippen MR) is 169 cm³/mol. The summed E-state index contributed by atoms with van der Waals surface area (Å²) in [6, 6.07) is 14.6. The molecule has 12 heteroatoms. The minimum Gasteiger partial charge on any atom is -0.486 e. The van der Waals surface area contributed by atoms with E-state index in [-0.39, 0.29) is 24.1 Å². The Morgan fingerprint density at radius 3 is 2.58 bits per heavy atom. The predicted octanol–water partition coefficient (Wildman–Crippen LogP) is 5.53. The summed E-state index contributed by atoms with van der Waals surface area (Å²) in [6.45, 7) is 3.07. The second kappa shape index (κ2) is 13.6. The highest BCUT2D eigenvalue weighted by atomic mass is 35.5. The third kappa shape index (κ3) is 7.28. The van der Waals surface area contributed by atoms with Crippen LogP contribution in [0, 0.1) is 6.92 Å². The zero-order valence-corrected chi connectivity index (χ0v) is 25.8. The second-order valence-corrected chi connectivity index (χ2v) is 10.5. The van der Waals surface area contributed by atoms with Crippen molar-refractivity contribution >= 4 is 69.4 Å². The summed E-state index contributed by atoms with van der Waals surface area (Å²) in [6.07, 6.45) is 2.96. The van der Waals surface area contributed by atoms with E-state index in [9.17, 15) is 14.4 Å². The molecular weight excluding hydrogens is 593 g/mol. The first-order valence-electron chi connectivity index (χ1n) is 13.2. The summed E-state index contributed by atoms with van der Waals surface area (Å²) in [5, 5.41) is 5.95. The molecule has 0 atom stereocenters. The van der Waals surface area contributed by atoms with Crippen molar-refractivity contribution in [3.05, 3.63) is 81.3 Å². The molecule has 3 aromatic carbocycles. The van der Waals surface area contributed by atoms with Gasteiger partial charge in [-0.3, -0.25) is 19.0 Å². The molecule has 0 radical (unpaired) electrons. The summed E-state index contributed by atoms with van der Waals surface area (Å²) < 4.78 is 13.2. The number of ether oxygens (including phenoxy) is 2. The van der Waals surface area contributed by atoms with Crippen LogP contribution in [0.3, 0.4) is 0 Å². The van der Waals surface area contributed by atoms with Gasteiger partial charge in [0, 0.05) is 43.4 Å². The molecule has 1 aromatic heterocycles. The molecule has 0 unspecified atom stereocenters. The van der Waals surface area contributed by atoms with Crippen LogP contribution in [0.1, 0.15) is 23.6 Å². The van der Waals surface area contributed by atoms with Crippen molar-refractivity contribution in [2.45, 2.75) is 20.5 Å². The van der Waals surface area contributed by atoms with Crippen molar-refractivity contribution in [1.82, 2.24) is 14.9 Å². The van der Waals surface area contributed by atoms with E-state index in [0.717, 1.165) is 16.6 Å². The zero-order chi connectivity index (χ0) is 31.3. The van der Waals surface area contributed by atoms with Crippen LogP contribution in [0.15, 0.2) is 54.6 Å². The number of hydrogen-bond donors (Lipinski definition) is 2. The molecule has 0 fully saturated rings. The summed E-state index contributed by atoms with van der Waals surface area (Å²) in [7, 11) is 4.95. The summed E-state index contributed by atoms with van der Waals surface area (Å²) >= 11 is 13.2. The Morgan fingerprint density at radius 1 is 1.12 bits per heavy atom. The summed E-state index contributed by atoms with van der Waals surface area (Å²) in [4.78, 5) is 42.5. The van der Waals surface area contributed by atoms with Crippen LogP contribution in [-0.4, -0.2) is 48.0 Å². The minimum absolute atomic E-state index is 0.0261. The summed E-state index contributed by atoms with van der Waals surface area (Å²) in [5.74, 6) is -0.474. The number of aromatic nitrogens is 2. The number of carbonyl (C=O) groups is 3. The molecule has 2 N–H and O–H groups in total. The van der Waals surface area contributed by atoms with Crippen molar-refractivity contribution in [2.24, 2.45) is 7.05 Å². The molecule has 10 nitrogen and oxygen atoms in total. The van der Waals surface area contributed by atoms with Crippen molar-refractivity contribution in [1.29, 1.82) is 0 Å². The lowest BCUT2D eigenvalue weighted by Gasteiger charge is -2.21. The third-order valence-electron chi connectivity index (χ3n) is 6.69. The Bertz CT molecular complexity index is 1730. The summed E-state index contributed by atoms with van der Waals surface area (Å²) in [5.41, 5.74) is 4.68. The molecule has 0 spiro atoms. The van der Waals surface area contributed by atoms with Crippen LogP contribution < -0.4 is 25.0 Å². The number of nitrogens with zero attached hydrogens (tertiary/aromatic N) is 3. The Labute approximate surface area is 259 Å². The van der Waals surface area contributed by atoms with Crippen molar-refractivity contribution in [3.8, 4) is 11.8 Å². The average molecular weight is 625 g/mol. The van der Waals surface area contributed by atoms with Gasteiger partial charge in [-0.1, -0.05) is 35.3 Å². The van der Waals surface area contributed by atoms with Gasteiger partial charge in [-0.25, -0.2) is 0 Å². The van der Waals surface area contributed by atoms with E-state index in [1.807, 2.05) is 36.7 Å². The first kappa shape index (κ1) is 31.4. The number of methoxy groups -OCH3 is 1. The third-order valence-corrected chi connectivity index (χ3v) is 7.47. The molecule has 43 heavy (non-hydrogen) atoms. The molecule has 3 amide bonds. The van der Waals surface area contributed by atoms with Gasteiger partial charge in [0.25, 0.3) is 6.01 Å². The Hall–Kier alpha value is -4.54. The minimum atomic E-state index is -0.443. The maximum absolute atomic E-state index is 12.9. The first-order chi connectivity index (χ1) is 20.5. The van der Waals surface area contributed by atoms with E-state index in [1.54, 1.807) is 50.6 Å². The lowest BCUT2D eigenvalue weighted by molar-refractivity contribution is -0.122. The van der Waals surface area contributed by atoms with Crippen LogP contribution in [0.4, 0.5) is 11.4 Å². The number of hydrogen-bond acceptors (Lipinski definition) is 6. The fourth-order valence-corrected chi connectivity index (χ4v) is 4.97. The Kier molecular flexibility index (Phi) is 9.95. The quantitative estimate of drug-likeness (QED) is 0.225. The largest absolute Gasteiger partial charge is 0.486 e. The van der Waals surface area contributed by atoms with Gasteiger partial charge in [0.05, 0.1) is 29.9 Å². The number of fused-ring (bicyclic) bond motifs is 1. The smallest absolute Gasteiger partial charge is 0.296 e. The molecular formula is C31H31Cl2N5O5. The topological polar surface area (TPSA) is 115 Å². The lowest BCUT2D eigenvalue weighted by atomic mass is 10.1. The maximum Gasteiger partial charge on any atom is 0.296 e. The van der Waals surface area contributed by atoms with Gasteiger partial charge >= 0.3 is 0 Å². The molecule has 0 aliphatic carbocycles. The van der Waals surface area contributed by atoms with Gasteiger partial charge in [0.15, 0.2) is 0 Å². The highest BCUT2D eigenvalue weighted by Crippen LogP contribution is 2.36. The normalized spacial score (nSPS) is 11.0. The van der Waals surface area contributed by atoms with E-state index >= 15 is 0 Å². The monoisotopic (exact) mass is 623 g/mol. The van der Waals surface area contributed by atoms with Crippen LogP contribution >= 0.6 is 23.2 Å². The van der Waals surface area contributed by atoms with Gasteiger partial charge in [-0.05, 0) is 60.5 Å². The fraction of sp³-hybridized carbons (Fsp3) is 0.226. The highest BCUT2D eigenvalue weighted by Gasteiger charge is 2.20. The maximum atomic E-state index is 12.9. The number of likely N-dealkylation sites (N-methyl/N-ethyl adjacent to an activating group) is 1. The number of amides is 3. The molecule has 1 heterocycles. The average Bonchev–Trinajstić information content (AvgIpc) is 3.31. The molecule has 0 saturated carbocycles. The number of rotatable bonds is 10. The van der Waals surface area contributed by atoms with E-state index in [1.165, 1.54) is 17.9 Å². The van der Waals surface area contributed by atoms with E-state index in [2.05, 4.69) is 15.6 Å².